The first-order chi connectivity index (χ1) is 9.43. The molecule has 0 unspecified atom stereocenters. The Morgan fingerprint density at radius 2 is 2.00 bits per heavy atom. The van der Waals surface area contributed by atoms with Gasteiger partial charge in [0.15, 0.2) is 0 Å². The lowest BCUT2D eigenvalue weighted by Gasteiger charge is -2.22. The van der Waals surface area contributed by atoms with Gasteiger partial charge in [0.1, 0.15) is 0 Å². The molecule has 110 valence electrons. The van der Waals surface area contributed by atoms with Crippen LogP contribution in [0.1, 0.15) is 18.9 Å². The number of amides is 3. The van der Waals surface area contributed by atoms with Crippen molar-refractivity contribution in [1.29, 1.82) is 0 Å². The molecule has 0 heterocycles. The molecule has 0 bridgehead atoms. The maximum Gasteiger partial charge on any atom is 0.423 e. The van der Waals surface area contributed by atoms with Gasteiger partial charge in [-0.15, -0.1) is 0 Å². The second-order valence-electron chi connectivity index (χ2n) is 3.98. The van der Waals surface area contributed by atoms with Crippen LogP contribution in [0.4, 0.5) is 9.59 Å². The van der Waals surface area contributed by atoms with E-state index in [1.54, 1.807) is 18.2 Å². The molecule has 8 heteroatoms. The molecular weight excluding hydrogens is 305 g/mol. The van der Waals surface area contributed by atoms with Crippen LogP contribution in [-0.4, -0.2) is 28.8 Å². The van der Waals surface area contributed by atoms with Gasteiger partial charge in [0, 0.05) is 6.54 Å². The molecule has 0 aliphatic carbocycles. The highest BCUT2D eigenvalue weighted by molar-refractivity contribution is 6.42. The summed E-state index contributed by atoms with van der Waals surface area (Å²) in [6.45, 7) is 2.39. The van der Waals surface area contributed by atoms with Crippen molar-refractivity contribution in [3.05, 3.63) is 33.8 Å². The van der Waals surface area contributed by atoms with Gasteiger partial charge in [-0.3, -0.25) is 0 Å². The van der Waals surface area contributed by atoms with Gasteiger partial charge in [0.25, 0.3) is 0 Å². The van der Waals surface area contributed by atoms with Crippen molar-refractivity contribution < 1.29 is 14.7 Å². The third kappa shape index (κ3) is 5.14. The number of benzene rings is 1. The SMILES string of the molecule is CCCNC(=O)N(Cc1ccc(Cl)c(Cl)c1)NC(=O)O. The number of carbonyl (C=O) groups excluding carboxylic acids is 1. The van der Waals surface area contributed by atoms with E-state index in [4.69, 9.17) is 28.3 Å². The number of carboxylic acid groups (broad SMARTS) is 1. The van der Waals surface area contributed by atoms with Gasteiger partial charge in [-0.05, 0) is 24.1 Å². The molecule has 1 aromatic rings. The summed E-state index contributed by atoms with van der Waals surface area (Å²) in [5, 5.41) is 13.0. The Bertz CT molecular complexity index is 497. The van der Waals surface area contributed by atoms with Gasteiger partial charge in [-0.25, -0.2) is 20.0 Å². The van der Waals surface area contributed by atoms with Crippen molar-refractivity contribution in [3.8, 4) is 0 Å². The molecule has 3 amide bonds. The summed E-state index contributed by atoms with van der Waals surface area (Å²) in [6.07, 6.45) is -0.573. The quantitative estimate of drug-likeness (QED) is 0.746. The maximum atomic E-state index is 11.8. The average Bonchev–Trinajstić information content (AvgIpc) is 2.39. The molecule has 0 atom stereocenters. The lowest BCUT2D eigenvalue weighted by Crippen LogP contribution is -2.49. The molecule has 0 saturated carbocycles. The minimum Gasteiger partial charge on any atom is -0.464 e. The first-order valence-corrected chi connectivity index (χ1v) is 6.68. The monoisotopic (exact) mass is 319 g/mol. The Kier molecular flexibility index (Phi) is 6.41. The fourth-order valence-electron chi connectivity index (χ4n) is 1.43. The smallest absolute Gasteiger partial charge is 0.423 e. The van der Waals surface area contributed by atoms with Gasteiger partial charge in [0.05, 0.1) is 16.6 Å². The maximum absolute atomic E-state index is 11.8. The lowest BCUT2D eigenvalue weighted by atomic mass is 10.2. The van der Waals surface area contributed by atoms with Gasteiger partial charge < -0.3 is 10.4 Å². The normalized spacial score (nSPS) is 9.95. The van der Waals surface area contributed by atoms with E-state index < -0.39 is 12.1 Å². The second-order valence-corrected chi connectivity index (χ2v) is 4.80. The number of hydrogen-bond donors (Lipinski definition) is 3. The fraction of sp³-hybridized carbons (Fsp3) is 0.333. The summed E-state index contributed by atoms with van der Waals surface area (Å²) in [6, 6.07) is 4.30. The van der Waals surface area contributed by atoms with Crippen LogP contribution in [0.2, 0.25) is 10.0 Å². The van der Waals surface area contributed by atoms with Crippen LogP contribution in [0, 0.1) is 0 Å². The number of nitrogens with one attached hydrogen (secondary N) is 2. The first kappa shape index (κ1) is 16.4. The molecule has 1 rings (SSSR count). The van der Waals surface area contributed by atoms with Crippen molar-refractivity contribution in [2.45, 2.75) is 19.9 Å². The Hall–Kier alpha value is -1.66. The molecule has 0 saturated heterocycles. The van der Waals surface area contributed by atoms with Crippen LogP contribution in [-0.2, 0) is 6.54 Å². The molecule has 0 aliphatic rings. The molecule has 0 aliphatic heterocycles. The zero-order chi connectivity index (χ0) is 15.1. The number of halogens is 2. The van der Waals surface area contributed by atoms with Crippen LogP contribution < -0.4 is 10.7 Å². The second kappa shape index (κ2) is 7.81. The van der Waals surface area contributed by atoms with E-state index in [-0.39, 0.29) is 6.54 Å². The molecule has 20 heavy (non-hydrogen) atoms. The minimum absolute atomic E-state index is 0.0404. The van der Waals surface area contributed by atoms with Gasteiger partial charge in [0.2, 0.25) is 0 Å². The molecular formula is C12H15Cl2N3O3. The largest absolute Gasteiger partial charge is 0.464 e. The third-order valence-corrected chi connectivity index (χ3v) is 3.07. The number of urea groups is 1. The molecule has 3 N–H and O–H groups in total. The third-order valence-electron chi connectivity index (χ3n) is 2.33. The predicted molar refractivity (Wildman–Crippen MR) is 76.9 cm³/mol. The summed E-state index contributed by atoms with van der Waals surface area (Å²) in [5.74, 6) is 0. The number of rotatable bonds is 4. The molecule has 0 spiro atoms. The van der Waals surface area contributed by atoms with Crippen LogP contribution >= 0.6 is 23.2 Å². The highest BCUT2D eigenvalue weighted by atomic mass is 35.5. The summed E-state index contributed by atoms with van der Waals surface area (Å²) < 4.78 is 0. The Labute approximate surface area is 126 Å². The highest BCUT2D eigenvalue weighted by Crippen LogP contribution is 2.23. The van der Waals surface area contributed by atoms with E-state index in [1.807, 2.05) is 12.3 Å². The number of hydrogen-bond acceptors (Lipinski definition) is 2. The number of hydrazine groups is 1. The Balaban J connectivity index is 2.80. The van der Waals surface area contributed by atoms with Crippen LogP contribution in [0.25, 0.3) is 0 Å². The molecule has 0 fully saturated rings. The van der Waals surface area contributed by atoms with E-state index in [9.17, 15) is 9.59 Å². The fourth-order valence-corrected chi connectivity index (χ4v) is 1.75. The summed E-state index contributed by atoms with van der Waals surface area (Å²) in [7, 11) is 0. The Morgan fingerprint density at radius 1 is 1.30 bits per heavy atom. The van der Waals surface area contributed by atoms with E-state index in [2.05, 4.69) is 5.32 Å². The summed E-state index contributed by atoms with van der Waals surface area (Å²) >= 11 is 11.7. The standard InChI is InChI=1S/C12H15Cl2N3O3/c1-2-5-15-11(18)17(16-12(19)20)7-8-3-4-9(13)10(14)6-8/h3-4,6,16H,2,5,7H2,1H3,(H,15,18)(H,19,20). The van der Waals surface area contributed by atoms with Crippen molar-refractivity contribution >= 4 is 35.3 Å². The zero-order valence-corrected chi connectivity index (χ0v) is 12.3. The van der Waals surface area contributed by atoms with Crippen molar-refractivity contribution in [3.63, 3.8) is 0 Å². The topological polar surface area (TPSA) is 81.7 Å². The van der Waals surface area contributed by atoms with Crippen LogP contribution in [0.3, 0.4) is 0 Å². The van der Waals surface area contributed by atoms with E-state index in [0.29, 0.717) is 22.2 Å². The molecule has 0 radical (unpaired) electrons. The number of nitrogens with zero attached hydrogens (tertiary/aromatic N) is 1. The van der Waals surface area contributed by atoms with Crippen molar-refractivity contribution in [2.75, 3.05) is 6.54 Å². The molecule has 6 nitrogen and oxygen atoms in total. The van der Waals surface area contributed by atoms with Crippen LogP contribution in [0.5, 0.6) is 0 Å². The number of carbonyl (C=O) groups is 2. The average molecular weight is 320 g/mol. The zero-order valence-electron chi connectivity index (χ0n) is 10.8. The highest BCUT2D eigenvalue weighted by Gasteiger charge is 2.16. The Morgan fingerprint density at radius 3 is 2.55 bits per heavy atom. The molecule has 0 aromatic heterocycles. The lowest BCUT2D eigenvalue weighted by molar-refractivity contribution is 0.139. The predicted octanol–water partition coefficient (Wildman–Crippen LogP) is 3.10. The van der Waals surface area contributed by atoms with Crippen molar-refractivity contribution in [1.82, 2.24) is 15.8 Å². The van der Waals surface area contributed by atoms with E-state index >= 15 is 0 Å². The summed E-state index contributed by atoms with van der Waals surface area (Å²) in [5.41, 5.74) is 2.69. The minimum atomic E-state index is -1.32. The van der Waals surface area contributed by atoms with Gasteiger partial charge in [-0.2, -0.15) is 0 Å². The van der Waals surface area contributed by atoms with Crippen LogP contribution in [0.15, 0.2) is 18.2 Å². The van der Waals surface area contributed by atoms with E-state index in [1.165, 1.54) is 0 Å². The van der Waals surface area contributed by atoms with Gasteiger partial charge >= 0.3 is 12.1 Å². The van der Waals surface area contributed by atoms with Gasteiger partial charge in [-0.1, -0.05) is 36.2 Å². The first-order valence-electron chi connectivity index (χ1n) is 5.93. The molecule has 1 aromatic carbocycles. The van der Waals surface area contributed by atoms with E-state index in [0.717, 1.165) is 11.4 Å². The van der Waals surface area contributed by atoms with Crippen molar-refractivity contribution in [2.24, 2.45) is 0 Å². The summed E-state index contributed by atoms with van der Waals surface area (Å²) in [4.78, 5) is 22.5.